The average molecular weight is 231 g/mol. The summed E-state index contributed by atoms with van der Waals surface area (Å²) in [6.45, 7) is 8.46. The lowest BCUT2D eigenvalue weighted by molar-refractivity contribution is 0.866. The highest BCUT2D eigenvalue weighted by molar-refractivity contribution is 5.78. The first-order valence-corrected chi connectivity index (χ1v) is 5.98. The Morgan fingerprint density at radius 1 is 1.12 bits per heavy atom. The van der Waals surface area contributed by atoms with Crippen molar-refractivity contribution in [2.24, 2.45) is 11.0 Å². The zero-order valence-electron chi connectivity index (χ0n) is 11.0. The Labute approximate surface area is 104 Å². The molecule has 0 aliphatic carbocycles. The van der Waals surface area contributed by atoms with Gasteiger partial charge in [0.25, 0.3) is 0 Å². The Kier molecular flexibility index (Phi) is 4.88. The predicted molar refractivity (Wildman–Crippen MR) is 75.1 cm³/mol. The third-order valence-electron chi connectivity index (χ3n) is 2.44. The summed E-state index contributed by atoms with van der Waals surface area (Å²) < 4.78 is 0. The van der Waals surface area contributed by atoms with Gasteiger partial charge in [-0.15, -0.1) is 0 Å². The van der Waals surface area contributed by atoms with Crippen LogP contribution in [0.15, 0.2) is 29.4 Å². The lowest BCUT2D eigenvalue weighted by Gasteiger charge is -2.14. The minimum atomic E-state index is 0.382. The van der Waals surface area contributed by atoms with E-state index in [-0.39, 0.29) is 0 Å². The Balaban J connectivity index is 2.86. The summed E-state index contributed by atoms with van der Waals surface area (Å²) in [5.41, 5.74) is 2.22. The van der Waals surface area contributed by atoms with Crippen LogP contribution in [0.1, 0.15) is 39.2 Å². The SMILES string of the molecule is CC(C)/C=N/N(C=N)c1ccc(C(C)C)cc1. The molecule has 0 unspecified atom stereocenters. The van der Waals surface area contributed by atoms with Crippen molar-refractivity contribution >= 4 is 18.2 Å². The predicted octanol–water partition coefficient (Wildman–Crippen LogP) is 3.87. The van der Waals surface area contributed by atoms with Gasteiger partial charge in [0.15, 0.2) is 0 Å². The number of anilines is 1. The smallest absolute Gasteiger partial charge is 0.109 e. The average Bonchev–Trinajstić information content (AvgIpc) is 2.30. The van der Waals surface area contributed by atoms with E-state index in [0.29, 0.717) is 11.8 Å². The summed E-state index contributed by atoms with van der Waals surface area (Å²) in [4.78, 5) is 0. The fourth-order valence-electron chi connectivity index (χ4n) is 1.39. The molecule has 0 aromatic heterocycles. The lowest BCUT2D eigenvalue weighted by atomic mass is 10.0. The lowest BCUT2D eigenvalue weighted by Crippen LogP contribution is -2.13. The molecule has 0 amide bonds. The molecule has 3 nitrogen and oxygen atoms in total. The highest BCUT2D eigenvalue weighted by atomic mass is 15.4. The third kappa shape index (κ3) is 4.02. The largest absolute Gasteiger partial charge is 0.289 e. The van der Waals surface area contributed by atoms with Crippen molar-refractivity contribution in [2.75, 3.05) is 5.01 Å². The summed E-state index contributed by atoms with van der Waals surface area (Å²) in [6.07, 6.45) is 3.06. The number of nitrogens with zero attached hydrogens (tertiary/aromatic N) is 2. The number of hydrogen-bond donors (Lipinski definition) is 1. The second-order valence-corrected chi connectivity index (χ2v) is 4.73. The molecule has 0 spiro atoms. The molecule has 0 atom stereocenters. The van der Waals surface area contributed by atoms with Crippen molar-refractivity contribution in [2.45, 2.75) is 33.6 Å². The molecule has 0 bridgehead atoms. The van der Waals surface area contributed by atoms with E-state index in [1.165, 1.54) is 11.9 Å². The van der Waals surface area contributed by atoms with E-state index in [1.54, 1.807) is 5.01 Å². The van der Waals surface area contributed by atoms with E-state index in [1.807, 2.05) is 18.3 Å². The van der Waals surface area contributed by atoms with Gasteiger partial charge in [-0.3, -0.25) is 5.41 Å². The normalized spacial score (nSPS) is 11.4. The Morgan fingerprint density at radius 3 is 2.12 bits per heavy atom. The Morgan fingerprint density at radius 2 is 1.71 bits per heavy atom. The Bertz CT molecular complexity index is 377. The molecule has 0 aliphatic heterocycles. The van der Waals surface area contributed by atoms with Crippen LogP contribution >= 0.6 is 0 Å². The highest BCUT2D eigenvalue weighted by Crippen LogP contribution is 2.19. The van der Waals surface area contributed by atoms with Crippen LogP contribution in [-0.4, -0.2) is 12.6 Å². The molecule has 1 rings (SSSR count). The van der Waals surface area contributed by atoms with Crippen molar-refractivity contribution in [3.8, 4) is 0 Å². The van der Waals surface area contributed by atoms with Gasteiger partial charge in [-0.05, 0) is 29.5 Å². The maximum Gasteiger partial charge on any atom is 0.109 e. The van der Waals surface area contributed by atoms with Gasteiger partial charge in [0, 0.05) is 6.21 Å². The van der Waals surface area contributed by atoms with E-state index in [9.17, 15) is 0 Å². The molecule has 1 N–H and O–H groups in total. The quantitative estimate of drug-likeness (QED) is 0.466. The van der Waals surface area contributed by atoms with Gasteiger partial charge in [0.05, 0.1) is 5.69 Å². The van der Waals surface area contributed by atoms with Crippen molar-refractivity contribution in [1.82, 2.24) is 0 Å². The van der Waals surface area contributed by atoms with Crippen LogP contribution in [0.2, 0.25) is 0 Å². The van der Waals surface area contributed by atoms with E-state index in [4.69, 9.17) is 5.41 Å². The first-order chi connectivity index (χ1) is 8.04. The third-order valence-corrected chi connectivity index (χ3v) is 2.44. The second kappa shape index (κ2) is 6.18. The van der Waals surface area contributed by atoms with Gasteiger partial charge >= 0.3 is 0 Å². The maximum atomic E-state index is 7.37. The Hall–Kier alpha value is -1.64. The number of rotatable bonds is 5. The molecule has 0 fully saturated rings. The monoisotopic (exact) mass is 231 g/mol. The molecule has 0 heterocycles. The molecule has 92 valence electrons. The van der Waals surface area contributed by atoms with Crippen LogP contribution in [0.3, 0.4) is 0 Å². The van der Waals surface area contributed by atoms with E-state index < -0.39 is 0 Å². The summed E-state index contributed by atoms with van der Waals surface area (Å²) in [5.74, 6) is 0.907. The minimum Gasteiger partial charge on any atom is -0.289 e. The highest BCUT2D eigenvalue weighted by Gasteiger charge is 2.03. The van der Waals surface area contributed by atoms with Gasteiger partial charge < -0.3 is 0 Å². The molecule has 3 heteroatoms. The summed E-state index contributed by atoms with van der Waals surface area (Å²) in [6, 6.07) is 8.17. The fourth-order valence-corrected chi connectivity index (χ4v) is 1.39. The number of hydrogen-bond acceptors (Lipinski definition) is 2. The summed E-state index contributed by atoms with van der Waals surface area (Å²) in [7, 11) is 0. The molecule has 1 aromatic carbocycles. The number of benzene rings is 1. The summed E-state index contributed by atoms with van der Waals surface area (Å²) in [5, 5.41) is 13.2. The van der Waals surface area contributed by atoms with E-state index in [0.717, 1.165) is 5.69 Å². The zero-order chi connectivity index (χ0) is 12.8. The molecule has 0 aliphatic rings. The molecular formula is C14H21N3. The van der Waals surface area contributed by atoms with Crippen LogP contribution in [0.5, 0.6) is 0 Å². The molecule has 1 aromatic rings. The van der Waals surface area contributed by atoms with Gasteiger partial charge in [-0.1, -0.05) is 39.8 Å². The first-order valence-electron chi connectivity index (χ1n) is 5.98. The van der Waals surface area contributed by atoms with Gasteiger partial charge in [-0.25, -0.2) is 5.01 Å². The van der Waals surface area contributed by atoms with Gasteiger partial charge in [-0.2, -0.15) is 5.10 Å². The van der Waals surface area contributed by atoms with Gasteiger partial charge in [0.2, 0.25) is 0 Å². The summed E-state index contributed by atoms with van der Waals surface area (Å²) >= 11 is 0. The van der Waals surface area contributed by atoms with Crippen molar-refractivity contribution < 1.29 is 0 Å². The number of nitrogens with one attached hydrogen (secondary N) is 1. The second-order valence-electron chi connectivity index (χ2n) is 4.73. The number of hydrazone groups is 1. The van der Waals surface area contributed by atoms with Crippen LogP contribution in [-0.2, 0) is 0 Å². The maximum absolute atomic E-state index is 7.37. The van der Waals surface area contributed by atoms with Gasteiger partial charge in [0.1, 0.15) is 6.34 Å². The standard InChI is InChI=1S/C14H21N3/c1-11(2)9-16-17(10-15)14-7-5-13(6-8-14)12(3)4/h5-12,15H,1-4H3/b15-10?,16-9+. The van der Waals surface area contributed by atoms with Crippen molar-refractivity contribution in [1.29, 1.82) is 5.41 Å². The zero-order valence-corrected chi connectivity index (χ0v) is 11.0. The molecule has 0 saturated heterocycles. The van der Waals surface area contributed by atoms with Crippen LogP contribution < -0.4 is 5.01 Å². The van der Waals surface area contributed by atoms with E-state index >= 15 is 0 Å². The molecule has 17 heavy (non-hydrogen) atoms. The fraction of sp³-hybridized carbons (Fsp3) is 0.429. The first kappa shape index (κ1) is 13.4. The molecule has 0 saturated carbocycles. The molecule has 0 radical (unpaired) electrons. The van der Waals surface area contributed by atoms with Crippen LogP contribution in [0.4, 0.5) is 5.69 Å². The van der Waals surface area contributed by atoms with Crippen LogP contribution in [0, 0.1) is 11.3 Å². The van der Waals surface area contributed by atoms with Crippen molar-refractivity contribution in [3.63, 3.8) is 0 Å². The minimum absolute atomic E-state index is 0.382. The molecular weight excluding hydrogens is 210 g/mol. The van der Waals surface area contributed by atoms with Crippen molar-refractivity contribution in [3.05, 3.63) is 29.8 Å². The van der Waals surface area contributed by atoms with E-state index in [2.05, 4.69) is 44.9 Å². The van der Waals surface area contributed by atoms with Crippen LogP contribution in [0.25, 0.3) is 0 Å². The topological polar surface area (TPSA) is 39.5 Å².